The Balaban J connectivity index is 1.89. The summed E-state index contributed by atoms with van der Waals surface area (Å²) in [7, 11) is 6.59. The van der Waals surface area contributed by atoms with Crippen molar-refractivity contribution in [1.29, 1.82) is 0 Å². The Kier molecular flexibility index (Phi) is 6.20. The molecule has 28 heavy (non-hydrogen) atoms. The van der Waals surface area contributed by atoms with Gasteiger partial charge in [-0.3, -0.25) is 4.79 Å². The number of ether oxygens (including phenoxy) is 2. The first-order chi connectivity index (χ1) is 13.5. The summed E-state index contributed by atoms with van der Waals surface area (Å²) in [6, 6.07) is 14.8. The first kappa shape index (κ1) is 19.8. The van der Waals surface area contributed by atoms with Crippen molar-refractivity contribution in [1.82, 2.24) is 15.1 Å². The number of nitrogens with zero attached hydrogens (tertiary/aromatic N) is 3. The second-order valence-corrected chi connectivity index (χ2v) is 7.14. The first-order valence-electron chi connectivity index (χ1n) is 8.52. The lowest BCUT2D eigenvalue weighted by Gasteiger charge is -2.18. The molecule has 3 aromatic rings. The van der Waals surface area contributed by atoms with Crippen LogP contribution in [0.4, 0.5) is 0 Å². The summed E-state index contributed by atoms with van der Waals surface area (Å²) < 4.78 is 16.4. The van der Waals surface area contributed by atoms with E-state index < -0.39 is 5.25 Å². The fourth-order valence-corrected chi connectivity index (χ4v) is 3.59. The van der Waals surface area contributed by atoms with Crippen molar-refractivity contribution >= 4 is 17.7 Å². The highest BCUT2D eigenvalue weighted by Crippen LogP contribution is 2.38. The van der Waals surface area contributed by atoms with Gasteiger partial charge in [-0.25, -0.2) is 0 Å². The summed E-state index contributed by atoms with van der Waals surface area (Å²) in [6.07, 6.45) is 0. The van der Waals surface area contributed by atoms with E-state index in [0.29, 0.717) is 28.2 Å². The summed E-state index contributed by atoms with van der Waals surface area (Å²) in [5.41, 5.74) is 1.52. The van der Waals surface area contributed by atoms with Crippen LogP contribution in [0, 0.1) is 0 Å². The Morgan fingerprint density at radius 2 is 1.82 bits per heavy atom. The monoisotopic (exact) mass is 399 g/mol. The van der Waals surface area contributed by atoms with Gasteiger partial charge in [-0.2, -0.15) is 0 Å². The molecule has 0 bridgehead atoms. The van der Waals surface area contributed by atoms with E-state index in [-0.39, 0.29) is 5.91 Å². The molecule has 0 saturated heterocycles. The molecule has 0 fully saturated rings. The van der Waals surface area contributed by atoms with Crippen LogP contribution in [-0.4, -0.2) is 49.3 Å². The van der Waals surface area contributed by atoms with E-state index in [4.69, 9.17) is 13.9 Å². The van der Waals surface area contributed by atoms with Crippen LogP contribution in [0.15, 0.2) is 58.2 Å². The average molecular weight is 399 g/mol. The van der Waals surface area contributed by atoms with Gasteiger partial charge in [0.15, 0.2) is 0 Å². The van der Waals surface area contributed by atoms with E-state index in [0.717, 1.165) is 5.56 Å². The molecular formula is C20H21N3O4S. The lowest BCUT2D eigenvalue weighted by atomic mass is 10.1. The Morgan fingerprint density at radius 1 is 1.07 bits per heavy atom. The molecule has 0 aliphatic heterocycles. The van der Waals surface area contributed by atoms with Gasteiger partial charge in [-0.1, -0.05) is 30.3 Å². The minimum atomic E-state index is -0.484. The molecule has 1 aromatic heterocycles. The molecule has 0 aliphatic rings. The maximum Gasteiger partial charge on any atom is 0.277 e. The number of carbonyl (C=O) groups excluding carboxylic acids is 1. The van der Waals surface area contributed by atoms with Crippen molar-refractivity contribution in [2.24, 2.45) is 0 Å². The topological polar surface area (TPSA) is 77.7 Å². The van der Waals surface area contributed by atoms with Crippen molar-refractivity contribution in [2.45, 2.75) is 10.5 Å². The van der Waals surface area contributed by atoms with Gasteiger partial charge in [-0.15, -0.1) is 10.2 Å². The van der Waals surface area contributed by atoms with Gasteiger partial charge < -0.3 is 18.8 Å². The number of methoxy groups -OCH3 is 2. The number of rotatable bonds is 7. The van der Waals surface area contributed by atoms with Crippen LogP contribution in [-0.2, 0) is 4.79 Å². The maximum atomic E-state index is 12.7. The highest BCUT2D eigenvalue weighted by Gasteiger charge is 2.26. The second kappa shape index (κ2) is 8.79. The Morgan fingerprint density at radius 3 is 2.46 bits per heavy atom. The van der Waals surface area contributed by atoms with E-state index in [1.165, 1.54) is 11.8 Å². The van der Waals surface area contributed by atoms with E-state index in [1.54, 1.807) is 51.4 Å². The molecule has 0 aliphatic carbocycles. The van der Waals surface area contributed by atoms with E-state index >= 15 is 0 Å². The van der Waals surface area contributed by atoms with Crippen LogP contribution in [0.2, 0.25) is 0 Å². The summed E-state index contributed by atoms with van der Waals surface area (Å²) in [5, 5.41) is 8.04. The number of aromatic nitrogens is 2. The number of likely N-dealkylation sites (N-methyl/N-ethyl adjacent to an activating group) is 1. The van der Waals surface area contributed by atoms with Crippen LogP contribution < -0.4 is 9.47 Å². The number of hydrogen-bond donors (Lipinski definition) is 0. The number of thioether (sulfide) groups is 1. The van der Waals surface area contributed by atoms with Crippen molar-refractivity contribution in [2.75, 3.05) is 28.3 Å². The number of amides is 1. The second-order valence-electron chi connectivity index (χ2n) is 6.08. The molecular weight excluding hydrogens is 378 g/mol. The van der Waals surface area contributed by atoms with Gasteiger partial charge in [0.2, 0.25) is 5.91 Å². The fraction of sp³-hybridized carbons (Fsp3) is 0.250. The molecule has 0 saturated carbocycles. The smallest absolute Gasteiger partial charge is 0.277 e. The zero-order valence-corrected chi connectivity index (χ0v) is 16.9. The maximum absolute atomic E-state index is 12.7. The first-order valence-corrected chi connectivity index (χ1v) is 9.40. The van der Waals surface area contributed by atoms with E-state index in [1.807, 2.05) is 30.3 Å². The molecule has 0 radical (unpaired) electrons. The van der Waals surface area contributed by atoms with Gasteiger partial charge in [0.25, 0.3) is 11.1 Å². The van der Waals surface area contributed by atoms with Crippen molar-refractivity contribution < 1.29 is 18.7 Å². The predicted octanol–water partition coefficient (Wildman–Crippen LogP) is 3.68. The molecule has 0 spiro atoms. The third kappa shape index (κ3) is 4.28. The normalized spacial score (nSPS) is 11.7. The minimum Gasteiger partial charge on any atom is -0.497 e. The molecule has 1 heterocycles. The SMILES string of the molecule is COc1ccc(-c2nnc(S[C@@H](C(=O)N(C)C)c3ccccc3)o2)c(OC)c1. The molecule has 1 atom stereocenters. The standard InChI is InChI=1S/C20H21N3O4S/c1-23(2)19(24)17(13-8-6-5-7-9-13)28-20-22-21-18(27-20)15-11-10-14(25-3)12-16(15)26-4/h5-12,17H,1-4H3/t17-/m1/s1. The van der Waals surface area contributed by atoms with Crippen LogP contribution in [0.5, 0.6) is 11.5 Å². The fourth-order valence-electron chi connectivity index (χ4n) is 2.57. The van der Waals surface area contributed by atoms with Crippen LogP contribution >= 0.6 is 11.8 Å². The lowest BCUT2D eigenvalue weighted by molar-refractivity contribution is -0.128. The van der Waals surface area contributed by atoms with Gasteiger partial charge in [0.05, 0.1) is 19.8 Å². The Bertz CT molecular complexity index is 944. The van der Waals surface area contributed by atoms with E-state index in [2.05, 4.69) is 10.2 Å². The molecule has 1 amide bonds. The lowest BCUT2D eigenvalue weighted by Crippen LogP contribution is -2.26. The molecule has 2 aromatic carbocycles. The molecule has 8 heteroatoms. The molecule has 3 rings (SSSR count). The third-order valence-electron chi connectivity index (χ3n) is 4.03. The van der Waals surface area contributed by atoms with Crippen molar-refractivity contribution in [3.8, 4) is 23.0 Å². The van der Waals surface area contributed by atoms with E-state index in [9.17, 15) is 4.79 Å². The number of benzene rings is 2. The molecule has 0 N–H and O–H groups in total. The Hall–Kier alpha value is -3.00. The number of carbonyl (C=O) groups is 1. The summed E-state index contributed by atoms with van der Waals surface area (Å²) in [6.45, 7) is 0. The minimum absolute atomic E-state index is 0.0574. The number of hydrogen-bond acceptors (Lipinski definition) is 7. The average Bonchev–Trinajstić information content (AvgIpc) is 3.20. The third-order valence-corrected chi connectivity index (χ3v) is 5.11. The van der Waals surface area contributed by atoms with Crippen molar-refractivity contribution in [3.63, 3.8) is 0 Å². The zero-order valence-electron chi connectivity index (χ0n) is 16.1. The van der Waals surface area contributed by atoms with Crippen LogP contribution in [0.1, 0.15) is 10.8 Å². The molecule has 7 nitrogen and oxygen atoms in total. The molecule has 0 unspecified atom stereocenters. The van der Waals surface area contributed by atoms with Crippen LogP contribution in [0.3, 0.4) is 0 Å². The van der Waals surface area contributed by atoms with Gasteiger partial charge in [0.1, 0.15) is 16.7 Å². The predicted molar refractivity (Wildman–Crippen MR) is 107 cm³/mol. The van der Waals surface area contributed by atoms with Gasteiger partial charge in [-0.05, 0) is 29.5 Å². The van der Waals surface area contributed by atoms with Gasteiger partial charge in [0, 0.05) is 20.2 Å². The highest BCUT2D eigenvalue weighted by molar-refractivity contribution is 8.00. The van der Waals surface area contributed by atoms with Gasteiger partial charge >= 0.3 is 0 Å². The van der Waals surface area contributed by atoms with Crippen molar-refractivity contribution in [3.05, 3.63) is 54.1 Å². The zero-order chi connectivity index (χ0) is 20.1. The Labute approximate surface area is 167 Å². The summed E-state index contributed by atoms with van der Waals surface area (Å²) in [4.78, 5) is 14.2. The molecule has 146 valence electrons. The quantitative estimate of drug-likeness (QED) is 0.561. The summed E-state index contributed by atoms with van der Waals surface area (Å²) in [5.74, 6) is 1.48. The largest absolute Gasteiger partial charge is 0.497 e. The summed E-state index contributed by atoms with van der Waals surface area (Å²) >= 11 is 1.22. The highest BCUT2D eigenvalue weighted by atomic mass is 32.2. The van der Waals surface area contributed by atoms with Crippen LogP contribution in [0.25, 0.3) is 11.5 Å².